The van der Waals surface area contributed by atoms with Gasteiger partial charge in [-0.3, -0.25) is 24.5 Å². The molecule has 0 saturated carbocycles. The van der Waals surface area contributed by atoms with Gasteiger partial charge in [0.15, 0.2) is 0 Å². The van der Waals surface area contributed by atoms with E-state index in [0.717, 1.165) is 11.3 Å². The zero-order chi connectivity index (χ0) is 23.7. The van der Waals surface area contributed by atoms with E-state index in [-0.39, 0.29) is 24.0 Å². The van der Waals surface area contributed by atoms with Gasteiger partial charge in [-0.15, -0.1) is 11.3 Å². The number of hydrogen-bond acceptors (Lipinski definition) is 7. The number of urea groups is 1. The van der Waals surface area contributed by atoms with E-state index in [1.54, 1.807) is 11.3 Å². The Labute approximate surface area is 190 Å². The summed E-state index contributed by atoms with van der Waals surface area (Å²) in [6.45, 7) is 6.68. The van der Waals surface area contributed by atoms with Gasteiger partial charge in [0.05, 0.1) is 6.54 Å². The van der Waals surface area contributed by atoms with Gasteiger partial charge in [0.1, 0.15) is 11.5 Å². The Morgan fingerprint density at radius 1 is 1.31 bits per heavy atom. The van der Waals surface area contributed by atoms with Crippen LogP contribution in [0.25, 0.3) is 0 Å². The number of hydrogen-bond donors (Lipinski definition) is 4. The third-order valence-electron chi connectivity index (χ3n) is 4.68. The third kappa shape index (κ3) is 7.26. The minimum absolute atomic E-state index is 0.0149. The molecule has 32 heavy (non-hydrogen) atoms. The van der Waals surface area contributed by atoms with Crippen LogP contribution >= 0.6 is 11.3 Å². The zero-order valence-corrected chi connectivity index (χ0v) is 19.6. The second-order valence-corrected chi connectivity index (χ2v) is 8.94. The van der Waals surface area contributed by atoms with Gasteiger partial charge in [0, 0.05) is 24.5 Å². The van der Waals surface area contributed by atoms with Crippen LogP contribution in [0.5, 0.6) is 0 Å². The number of carbonyl (C=O) groups excluding carboxylic acids is 2. The monoisotopic (exact) mass is 464 g/mol. The normalized spacial score (nSPS) is 10.9. The molecule has 2 aromatic rings. The molecule has 0 atom stereocenters. The van der Waals surface area contributed by atoms with Crippen LogP contribution < -0.4 is 32.5 Å². The average molecular weight is 465 g/mol. The van der Waals surface area contributed by atoms with Crippen molar-refractivity contribution in [2.75, 3.05) is 30.3 Å². The summed E-state index contributed by atoms with van der Waals surface area (Å²) in [7, 11) is 0. The van der Waals surface area contributed by atoms with Crippen molar-refractivity contribution in [2.45, 2.75) is 46.6 Å². The fraction of sp³-hybridized carbons (Fsp3) is 0.524. The molecule has 11 heteroatoms. The van der Waals surface area contributed by atoms with Crippen molar-refractivity contribution in [3.05, 3.63) is 43.2 Å². The lowest BCUT2D eigenvalue weighted by atomic mass is 10.2. The number of aromatic amines is 1. The number of H-pyrrole nitrogens is 1. The van der Waals surface area contributed by atoms with Crippen LogP contribution in [0.4, 0.5) is 16.3 Å². The second-order valence-electron chi connectivity index (χ2n) is 7.91. The van der Waals surface area contributed by atoms with Crippen LogP contribution in [0, 0.1) is 5.92 Å². The van der Waals surface area contributed by atoms with Crippen molar-refractivity contribution in [1.82, 2.24) is 20.2 Å². The van der Waals surface area contributed by atoms with Gasteiger partial charge in [0.25, 0.3) is 5.56 Å². The molecule has 10 nitrogen and oxygen atoms in total. The molecule has 0 radical (unpaired) electrons. The highest BCUT2D eigenvalue weighted by molar-refractivity contribution is 7.09. The van der Waals surface area contributed by atoms with E-state index in [9.17, 15) is 19.2 Å². The number of thiophene rings is 1. The van der Waals surface area contributed by atoms with Crippen molar-refractivity contribution in [2.24, 2.45) is 5.92 Å². The van der Waals surface area contributed by atoms with Gasteiger partial charge in [-0.2, -0.15) is 0 Å². The molecule has 2 rings (SSSR count). The van der Waals surface area contributed by atoms with Crippen LogP contribution in [0.2, 0.25) is 0 Å². The van der Waals surface area contributed by atoms with Crippen molar-refractivity contribution < 1.29 is 9.59 Å². The number of unbranched alkanes of at least 4 members (excludes halogenated alkanes) is 1. The summed E-state index contributed by atoms with van der Waals surface area (Å²) in [5.74, 6) is -0.470. The first kappa shape index (κ1) is 25.2. The maximum atomic E-state index is 12.6. The maximum Gasteiger partial charge on any atom is 0.330 e. The standard InChI is InChI=1S/C21H32N6O4S/c1-4-5-10-27-18(22)17(19(29)25-21(27)31)26(12-14(2)3)13-16(28)24-20(30)23-9-8-15-7-6-11-32-15/h6-7,11,14H,4-5,8-10,12-13,22H2,1-3H3,(H,25,29,31)(H2,23,24,28,30). The smallest absolute Gasteiger partial charge is 0.330 e. The van der Waals surface area contributed by atoms with Gasteiger partial charge in [-0.25, -0.2) is 9.59 Å². The summed E-state index contributed by atoms with van der Waals surface area (Å²) >= 11 is 1.60. The Bertz CT molecular complexity index is 1010. The molecule has 0 fully saturated rings. The van der Waals surface area contributed by atoms with Gasteiger partial charge >= 0.3 is 11.7 Å². The van der Waals surface area contributed by atoms with E-state index in [4.69, 9.17) is 5.73 Å². The quantitative estimate of drug-likeness (QED) is 0.397. The van der Waals surface area contributed by atoms with Gasteiger partial charge in [-0.1, -0.05) is 33.3 Å². The highest BCUT2D eigenvalue weighted by Gasteiger charge is 2.22. The molecule has 0 aromatic carbocycles. The predicted octanol–water partition coefficient (Wildman–Crippen LogP) is 1.51. The molecule has 0 aliphatic carbocycles. The number of amides is 3. The van der Waals surface area contributed by atoms with Crippen molar-refractivity contribution in [3.63, 3.8) is 0 Å². The Balaban J connectivity index is 2.11. The lowest BCUT2D eigenvalue weighted by Crippen LogP contribution is -2.47. The highest BCUT2D eigenvalue weighted by atomic mass is 32.1. The molecule has 5 N–H and O–H groups in total. The highest BCUT2D eigenvalue weighted by Crippen LogP contribution is 2.18. The van der Waals surface area contributed by atoms with Gasteiger partial charge < -0.3 is 16.0 Å². The molecule has 3 amide bonds. The van der Waals surface area contributed by atoms with Gasteiger partial charge in [-0.05, 0) is 30.2 Å². The number of nitrogens with one attached hydrogen (secondary N) is 3. The second kappa shape index (κ2) is 12.1. The summed E-state index contributed by atoms with van der Waals surface area (Å²) in [6, 6.07) is 3.30. The number of aromatic nitrogens is 2. The fourth-order valence-corrected chi connectivity index (χ4v) is 3.94. The third-order valence-corrected chi connectivity index (χ3v) is 5.61. The topological polar surface area (TPSA) is 142 Å². The number of rotatable bonds is 11. The first-order chi connectivity index (χ1) is 15.2. The van der Waals surface area contributed by atoms with E-state index in [0.29, 0.717) is 32.5 Å². The number of nitrogen functional groups attached to an aromatic ring is 1. The summed E-state index contributed by atoms with van der Waals surface area (Å²) in [5.41, 5.74) is 5.00. The van der Waals surface area contributed by atoms with Crippen LogP contribution in [0.3, 0.4) is 0 Å². The molecule has 176 valence electrons. The fourth-order valence-electron chi connectivity index (χ4n) is 3.23. The average Bonchev–Trinajstić information content (AvgIpc) is 3.20. The predicted molar refractivity (Wildman–Crippen MR) is 127 cm³/mol. The molecule has 0 aliphatic rings. The van der Waals surface area contributed by atoms with E-state index in [2.05, 4.69) is 15.6 Å². The molecular weight excluding hydrogens is 432 g/mol. The number of anilines is 2. The molecule has 0 aliphatic heterocycles. The molecule has 0 bridgehead atoms. The first-order valence-corrected chi connectivity index (χ1v) is 11.6. The minimum Gasteiger partial charge on any atom is -0.383 e. The summed E-state index contributed by atoms with van der Waals surface area (Å²) in [4.78, 5) is 54.3. The molecular formula is C21H32N6O4S. The molecule has 2 heterocycles. The van der Waals surface area contributed by atoms with Crippen LogP contribution in [-0.2, 0) is 17.8 Å². The molecule has 2 aromatic heterocycles. The minimum atomic E-state index is -0.658. The Kier molecular flexibility index (Phi) is 9.51. The zero-order valence-electron chi connectivity index (χ0n) is 18.8. The Morgan fingerprint density at radius 2 is 2.06 bits per heavy atom. The number of nitrogens with zero attached hydrogens (tertiary/aromatic N) is 2. The van der Waals surface area contributed by atoms with Crippen LogP contribution in [0.15, 0.2) is 27.1 Å². The van der Waals surface area contributed by atoms with Crippen molar-refractivity contribution in [1.29, 1.82) is 0 Å². The number of imide groups is 1. The van der Waals surface area contributed by atoms with Crippen molar-refractivity contribution >= 4 is 34.8 Å². The lowest BCUT2D eigenvalue weighted by Gasteiger charge is -2.27. The van der Waals surface area contributed by atoms with Crippen LogP contribution in [0.1, 0.15) is 38.5 Å². The summed E-state index contributed by atoms with van der Waals surface area (Å²) < 4.78 is 1.31. The summed E-state index contributed by atoms with van der Waals surface area (Å²) in [6.07, 6.45) is 2.23. The largest absolute Gasteiger partial charge is 0.383 e. The lowest BCUT2D eigenvalue weighted by molar-refractivity contribution is -0.118. The molecule has 0 saturated heterocycles. The maximum absolute atomic E-state index is 12.6. The van der Waals surface area contributed by atoms with E-state index >= 15 is 0 Å². The van der Waals surface area contributed by atoms with E-state index in [1.165, 1.54) is 9.47 Å². The molecule has 0 unspecified atom stereocenters. The Hall–Kier alpha value is -3.08. The SMILES string of the molecule is CCCCn1c(N)c(N(CC(=O)NC(=O)NCCc2cccs2)CC(C)C)c(=O)[nH]c1=O. The van der Waals surface area contributed by atoms with Gasteiger partial charge in [0.2, 0.25) is 5.91 Å². The van der Waals surface area contributed by atoms with Crippen LogP contribution in [-0.4, -0.2) is 41.1 Å². The molecule has 0 spiro atoms. The summed E-state index contributed by atoms with van der Waals surface area (Å²) in [5, 5.41) is 6.89. The van der Waals surface area contributed by atoms with Crippen molar-refractivity contribution in [3.8, 4) is 0 Å². The van der Waals surface area contributed by atoms with E-state index < -0.39 is 23.2 Å². The number of carbonyl (C=O) groups is 2. The van der Waals surface area contributed by atoms with E-state index in [1.807, 2.05) is 38.3 Å². The number of nitrogens with two attached hydrogens (primary N) is 1. The first-order valence-electron chi connectivity index (χ1n) is 10.7. The Morgan fingerprint density at radius 3 is 2.69 bits per heavy atom.